The highest BCUT2D eigenvalue weighted by atomic mass is 16.1. The van der Waals surface area contributed by atoms with Crippen molar-refractivity contribution in [1.82, 2.24) is 15.5 Å². The summed E-state index contributed by atoms with van der Waals surface area (Å²) in [6, 6.07) is 0.464. The predicted octanol–water partition coefficient (Wildman–Crippen LogP) is 0.833. The zero-order valence-electron chi connectivity index (χ0n) is 11.7. The standard InChI is InChI=1S/C14H27N3O/c1-11-4-3-7-17(10-11)12(2)8-16-14(18)13-5-6-15-9-13/h11-13,15H,3-10H2,1-2H3,(H,16,18). The van der Waals surface area contributed by atoms with Crippen molar-refractivity contribution < 1.29 is 4.79 Å². The number of hydrogen-bond donors (Lipinski definition) is 2. The molecular formula is C14H27N3O. The second-order valence-corrected chi connectivity index (χ2v) is 6.03. The first-order valence-electron chi connectivity index (χ1n) is 7.39. The van der Waals surface area contributed by atoms with Crippen LogP contribution in [0.15, 0.2) is 0 Å². The SMILES string of the molecule is CC1CCCN(C(C)CNC(=O)C2CCNC2)C1. The molecule has 1 amide bonds. The molecule has 2 saturated heterocycles. The van der Waals surface area contributed by atoms with Crippen molar-refractivity contribution in [3.05, 3.63) is 0 Å². The van der Waals surface area contributed by atoms with Crippen molar-refractivity contribution in [2.45, 2.75) is 39.2 Å². The molecule has 0 radical (unpaired) electrons. The Bertz CT molecular complexity index is 276. The maximum absolute atomic E-state index is 11.9. The summed E-state index contributed by atoms with van der Waals surface area (Å²) in [5.41, 5.74) is 0. The highest BCUT2D eigenvalue weighted by molar-refractivity contribution is 5.79. The smallest absolute Gasteiger partial charge is 0.224 e. The van der Waals surface area contributed by atoms with Gasteiger partial charge in [0.05, 0.1) is 5.92 Å². The molecule has 2 heterocycles. The van der Waals surface area contributed by atoms with Crippen LogP contribution in [-0.4, -0.2) is 49.6 Å². The van der Waals surface area contributed by atoms with Crippen LogP contribution in [0.25, 0.3) is 0 Å². The summed E-state index contributed by atoms with van der Waals surface area (Å²) in [7, 11) is 0. The second kappa shape index (κ2) is 6.53. The molecule has 0 aliphatic carbocycles. The number of carbonyl (C=O) groups is 1. The van der Waals surface area contributed by atoms with Gasteiger partial charge in [-0.05, 0) is 45.2 Å². The van der Waals surface area contributed by atoms with Crippen LogP contribution < -0.4 is 10.6 Å². The average molecular weight is 253 g/mol. The third kappa shape index (κ3) is 3.69. The van der Waals surface area contributed by atoms with Crippen LogP contribution in [0.4, 0.5) is 0 Å². The first kappa shape index (κ1) is 13.8. The van der Waals surface area contributed by atoms with E-state index in [1.54, 1.807) is 0 Å². The molecule has 0 aromatic carbocycles. The Labute approximate surface area is 110 Å². The number of nitrogens with one attached hydrogen (secondary N) is 2. The third-order valence-electron chi connectivity index (χ3n) is 4.31. The van der Waals surface area contributed by atoms with Crippen LogP contribution in [0, 0.1) is 11.8 Å². The fourth-order valence-corrected chi connectivity index (χ4v) is 3.03. The van der Waals surface area contributed by atoms with Gasteiger partial charge in [0, 0.05) is 25.7 Å². The summed E-state index contributed by atoms with van der Waals surface area (Å²) in [4.78, 5) is 14.4. The van der Waals surface area contributed by atoms with E-state index in [1.165, 1.54) is 25.9 Å². The second-order valence-electron chi connectivity index (χ2n) is 6.03. The highest BCUT2D eigenvalue weighted by Crippen LogP contribution is 2.17. The van der Waals surface area contributed by atoms with Gasteiger partial charge in [-0.2, -0.15) is 0 Å². The van der Waals surface area contributed by atoms with Gasteiger partial charge in [0.1, 0.15) is 0 Å². The topological polar surface area (TPSA) is 44.4 Å². The number of piperidine rings is 1. The predicted molar refractivity (Wildman–Crippen MR) is 73.4 cm³/mol. The van der Waals surface area contributed by atoms with Crippen molar-refractivity contribution in [3.8, 4) is 0 Å². The lowest BCUT2D eigenvalue weighted by molar-refractivity contribution is -0.124. The molecule has 2 aliphatic rings. The Morgan fingerprint density at radius 3 is 3.00 bits per heavy atom. The fourth-order valence-electron chi connectivity index (χ4n) is 3.03. The molecule has 4 heteroatoms. The van der Waals surface area contributed by atoms with Gasteiger partial charge in [-0.25, -0.2) is 0 Å². The monoisotopic (exact) mass is 253 g/mol. The molecule has 4 nitrogen and oxygen atoms in total. The lowest BCUT2D eigenvalue weighted by Gasteiger charge is -2.35. The molecule has 0 bridgehead atoms. The van der Waals surface area contributed by atoms with Gasteiger partial charge in [-0.15, -0.1) is 0 Å². The van der Waals surface area contributed by atoms with Crippen LogP contribution >= 0.6 is 0 Å². The van der Waals surface area contributed by atoms with E-state index < -0.39 is 0 Å². The van der Waals surface area contributed by atoms with Gasteiger partial charge < -0.3 is 10.6 Å². The Morgan fingerprint density at radius 2 is 2.33 bits per heavy atom. The Morgan fingerprint density at radius 1 is 1.50 bits per heavy atom. The van der Waals surface area contributed by atoms with Crippen LogP contribution in [0.1, 0.15) is 33.1 Å². The lowest BCUT2D eigenvalue weighted by Crippen LogP contribution is -2.47. The minimum Gasteiger partial charge on any atom is -0.354 e. The zero-order chi connectivity index (χ0) is 13.0. The van der Waals surface area contributed by atoms with E-state index in [1.807, 2.05) is 0 Å². The van der Waals surface area contributed by atoms with Gasteiger partial charge in [0.15, 0.2) is 0 Å². The summed E-state index contributed by atoms with van der Waals surface area (Å²) in [5, 5.41) is 6.35. The van der Waals surface area contributed by atoms with E-state index in [4.69, 9.17) is 0 Å². The molecule has 3 unspecified atom stereocenters. The van der Waals surface area contributed by atoms with Crippen molar-refractivity contribution >= 4 is 5.91 Å². The summed E-state index contributed by atoms with van der Waals surface area (Å²) in [6.45, 7) is 9.54. The van der Waals surface area contributed by atoms with Crippen LogP contribution in [0.2, 0.25) is 0 Å². The molecule has 2 N–H and O–H groups in total. The molecule has 0 aromatic rings. The normalized spacial score (nSPS) is 31.2. The fraction of sp³-hybridized carbons (Fsp3) is 0.929. The molecule has 2 rings (SSSR count). The Kier molecular flexibility index (Phi) is 5.01. The maximum atomic E-state index is 11.9. The Hall–Kier alpha value is -0.610. The van der Waals surface area contributed by atoms with Crippen LogP contribution in [0.3, 0.4) is 0 Å². The van der Waals surface area contributed by atoms with Crippen LogP contribution in [0.5, 0.6) is 0 Å². The zero-order valence-corrected chi connectivity index (χ0v) is 11.7. The first-order valence-corrected chi connectivity index (χ1v) is 7.39. The lowest BCUT2D eigenvalue weighted by atomic mass is 9.99. The van der Waals surface area contributed by atoms with Crippen molar-refractivity contribution in [3.63, 3.8) is 0 Å². The van der Waals surface area contributed by atoms with E-state index in [0.29, 0.717) is 6.04 Å². The van der Waals surface area contributed by atoms with Gasteiger partial charge in [0.25, 0.3) is 0 Å². The number of nitrogens with zero attached hydrogens (tertiary/aromatic N) is 1. The molecule has 0 aromatic heterocycles. The molecule has 3 atom stereocenters. The number of rotatable bonds is 4. The summed E-state index contributed by atoms with van der Waals surface area (Å²) in [5.74, 6) is 1.23. The number of likely N-dealkylation sites (tertiary alicyclic amines) is 1. The quantitative estimate of drug-likeness (QED) is 0.780. The first-order chi connectivity index (χ1) is 8.66. The number of amides is 1. The number of hydrogen-bond acceptors (Lipinski definition) is 3. The highest BCUT2D eigenvalue weighted by Gasteiger charge is 2.24. The van der Waals surface area contributed by atoms with E-state index in [2.05, 4.69) is 29.4 Å². The van der Waals surface area contributed by atoms with E-state index >= 15 is 0 Å². The summed E-state index contributed by atoms with van der Waals surface area (Å²) in [6.07, 6.45) is 3.64. The van der Waals surface area contributed by atoms with Crippen LogP contribution in [-0.2, 0) is 4.79 Å². The van der Waals surface area contributed by atoms with Gasteiger partial charge in [-0.1, -0.05) is 6.92 Å². The minimum atomic E-state index is 0.192. The summed E-state index contributed by atoms with van der Waals surface area (Å²) >= 11 is 0. The van der Waals surface area contributed by atoms with E-state index in [9.17, 15) is 4.79 Å². The summed E-state index contributed by atoms with van der Waals surface area (Å²) < 4.78 is 0. The largest absolute Gasteiger partial charge is 0.354 e. The minimum absolute atomic E-state index is 0.192. The molecule has 104 valence electrons. The number of carbonyl (C=O) groups excluding carboxylic acids is 1. The molecule has 18 heavy (non-hydrogen) atoms. The maximum Gasteiger partial charge on any atom is 0.224 e. The molecule has 2 aliphatic heterocycles. The average Bonchev–Trinajstić information content (AvgIpc) is 2.89. The van der Waals surface area contributed by atoms with E-state index in [0.717, 1.165) is 32.0 Å². The van der Waals surface area contributed by atoms with Gasteiger partial charge >= 0.3 is 0 Å². The van der Waals surface area contributed by atoms with Gasteiger partial charge in [-0.3, -0.25) is 9.69 Å². The van der Waals surface area contributed by atoms with Crippen molar-refractivity contribution in [2.24, 2.45) is 11.8 Å². The van der Waals surface area contributed by atoms with Crippen molar-refractivity contribution in [1.29, 1.82) is 0 Å². The molecule has 2 fully saturated rings. The third-order valence-corrected chi connectivity index (χ3v) is 4.31. The van der Waals surface area contributed by atoms with Crippen molar-refractivity contribution in [2.75, 3.05) is 32.7 Å². The van der Waals surface area contributed by atoms with Gasteiger partial charge in [0.2, 0.25) is 5.91 Å². The molecule has 0 saturated carbocycles. The Balaban J connectivity index is 1.70. The molecule has 0 spiro atoms. The molecular weight excluding hydrogens is 226 g/mol. The van der Waals surface area contributed by atoms with E-state index in [-0.39, 0.29) is 11.8 Å².